The van der Waals surface area contributed by atoms with Crippen LogP contribution < -0.4 is 0 Å². The molecule has 148 valence electrons. The van der Waals surface area contributed by atoms with Crippen LogP contribution >= 0.6 is 0 Å². The van der Waals surface area contributed by atoms with Crippen LogP contribution in [-0.4, -0.2) is 72.1 Å². The topological polar surface area (TPSA) is 53.1 Å². The molecule has 2 saturated heterocycles. The highest BCUT2D eigenvalue weighted by molar-refractivity contribution is 5.90. The molecule has 0 unspecified atom stereocenters. The molecule has 0 N–H and O–H groups in total. The molecule has 2 atom stereocenters. The zero-order valence-electron chi connectivity index (χ0n) is 16.2. The van der Waals surface area contributed by atoms with E-state index in [1.54, 1.807) is 40.0 Å². The van der Waals surface area contributed by atoms with E-state index in [1.165, 1.54) is 6.07 Å². The lowest BCUT2D eigenvalue weighted by atomic mass is 9.97. The Balaban J connectivity index is 1.80. The Bertz CT molecular complexity index is 697. The normalized spacial score (nSPS) is 22.8. The molecule has 3 rings (SSSR count). The maximum atomic E-state index is 14.0. The monoisotopic (exact) mass is 377 g/mol. The molecule has 0 bridgehead atoms. The van der Waals surface area contributed by atoms with E-state index in [0.29, 0.717) is 38.2 Å². The quantitative estimate of drug-likeness (QED) is 0.733. The zero-order chi connectivity index (χ0) is 19.6. The van der Waals surface area contributed by atoms with Crippen LogP contribution in [-0.2, 0) is 16.1 Å². The average Bonchev–Trinajstić information content (AvgIpc) is 2.93. The number of halogens is 1. The zero-order valence-corrected chi connectivity index (χ0v) is 16.2. The predicted octanol–water partition coefficient (Wildman–Crippen LogP) is 2.34. The number of fused-ring (bicyclic) bond motifs is 1. The van der Waals surface area contributed by atoms with E-state index in [0.717, 1.165) is 0 Å². The van der Waals surface area contributed by atoms with Gasteiger partial charge >= 0.3 is 6.03 Å². The Morgan fingerprint density at radius 2 is 1.89 bits per heavy atom. The number of benzene rings is 1. The van der Waals surface area contributed by atoms with Gasteiger partial charge in [0.05, 0.1) is 19.2 Å². The number of ether oxygens (including phenoxy) is 1. The second kappa shape index (κ2) is 8.25. The summed E-state index contributed by atoms with van der Waals surface area (Å²) in [5, 5.41) is 0. The number of carbonyl (C=O) groups excluding carboxylic acids is 2. The number of carbonyl (C=O) groups is 2. The van der Waals surface area contributed by atoms with Gasteiger partial charge in [-0.05, 0) is 18.4 Å². The first-order chi connectivity index (χ1) is 12.9. The van der Waals surface area contributed by atoms with Crippen LogP contribution in [0.1, 0.15) is 25.8 Å². The van der Waals surface area contributed by atoms with Gasteiger partial charge in [-0.15, -0.1) is 0 Å². The van der Waals surface area contributed by atoms with Crippen molar-refractivity contribution in [2.45, 2.75) is 38.9 Å². The first-order valence-electron chi connectivity index (χ1n) is 9.50. The van der Waals surface area contributed by atoms with Crippen LogP contribution in [0.5, 0.6) is 0 Å². The van der Waals surface area contributed by atoms with Crippen molar-refractivity contribution in [1.82, 2.24) is 14.7 Å². The number of methoxy groups -OCH3 is 1. The van der Waals surface area contributed by atoms with Gasteiger partial charge in [0, 0.05) is 32.3 Å². The smallest absolute Gasteiger partial charge is 0.321 e. The molecule has 6 nitrogen and oxygen atoms in total. The summed E-state index contributed by atoms with van der Waals surface area (Å²) >= 11 is 0. The predicted molar refractivity (Wildman–Crippen MR) is 99.5 cm³/mol. The minimum Gasteiger partial charge on any atom is -0.383 e. The highest BCUT2D eigenvalue weighted by Crippen LogP contribution is 2.30. The fourth-order valence-corrected chi connectivity index (χ4v) is 3.98. The van der Waals surface area contributed by atoms with Crippen LogP contribution in [0.4, 0.5) is 9.18 Å². The summed E-state index contributed by atoms with van der Waals surface area (Å²) in [6, 6.07) is 5.81. The number of amides is 3. The lowest BCUT2D eigenvalue weighted by Crippen LogP contribution is -2.61. The molecule has 27 heavy (non-hydrogen) atoms. The molecule has 0 radical (unpaired) electrons. The molecule has 2 aliphatic heterocycles. The highest BCUT2D eigenvalue weighted by Gasteiger charge is 2.49. The Kier molecular flexibility index (Phi) is 5.99. The minimum absolute atomic E-state index is 0.0157. The molecular formula is C20H28FN3O3. The fraction of sp³-hybridized carbons (Fsp3) is 0.600. The first kappa shape index (κ1) is 19.6. The SMILES string of the molecule is COCCN1C[C@@H]2CN(Cc3ccccc3F)C(=O)N2[C@@H](CC(C)C)C1=O. The Labute approximate surface area is 159 Å². The molecule has 1 aromatic rings. The molecule has 0 aliphatic carbocycles. The van der Waals surface area contributed by atoms with E-state index in [-0.39, 0.29) is 36.3 Å². The van der Waals surface area contributed by atoms with E-state index in [4.69, 9.17) is 4.74 Å². The molecule has 3 amide bonds. The van der Waals surface area contributed by atoms with E-state index < -0.39 is 6.04 Å². The summed E-state index contributed by atoms with van der Waals surface area (Å²) in [6.07, 6.45) is 0.623. The molecule has 0 saturated carbocycles. The minimum atomic E-state index is -0.460. The average molecular weight is 377 g/mol. The fourth-order valence-electron chi connectivity index (χ4n) is 3.98. The second-order valence-corrected chi connectivity index (χ2v) is 7.74. The Hall–Kier alpha value is -2.15. The van der Waals surface area contributed by atoms with Gasteiger partial charge in [0.1, 0.15) is 11.9 Å². The molecule has 0 spiro atoms. The largest absolute Gasteiger partial charge is 0.383 e. The van der Waals surface area contributed by atoms with Gasteiger partial charge in [0.15, 0.2) is 0 Å². The number of hydrogen-bond acceptors (Lipinski definition) is 3. The van der Waals surface area contributed by atoms with E-state index >= 15 is 0 Å². The van der Waals surface area contributed by atoms with E-state index in [1.807, 2.05) is 13.8 Å². The van der Waals surface area contributed by atoms with Gasteiger partial charge in [-0.3, -0.25) is 4.79 Å². The van der Waals surface area contributed by atoms with Crippen LogP contribution in [0, 0.1) is 11.7 Å². The number of hydrogen-bond donors (Lipinski definition) is 0. The maximum absolute atomic E-state index is 14.0. The summed E-state index contributed by atoms with van der Waals surface area (Å²) in [6.45, 7) is 6.31. The maximum Gasteiger partial charge on any atom is 0.321 e. The highest BCUT2D eigenvalue weighted by atomic mass is 19.1. The molecule has 2 heterocycles. The number of piperazine rings is 1. The van der Waals surface area contributed by atoms with Crippen LogP contribution in [0.25, 0.3) is 0 Å². The van der Waals surface area contributed by atoms with E-state index in [9.17, 15) is 14.0 Å². The number of rotatable bonds is 7. The van der Waals surface area contributed by atoms with Crippen LogP contribution in [0.15, 0.2) is 24.3 Å². The van der Waals surface area contributed by atoms with Crippen molar-refractivity contribution in [3.63, 3.8) is 0 Å². The standard InChI is InChI=1S/C20H28FN3O3/c1-14(2)10-18-19(25)22(8-9-27-3)12-16-13-23(20(26)24(16)18)11-15-6-4-5-7-17(15)21/h4-7,14,16,18H,8-13H2,1-3H3/t16-,18+/m1/s1. The van der Waals surface area contributed by atoms with Crippen molar-refractivity contribution >= 4 is 11.9 Å². The third-order valence-corrected chi connectivity index (χ3v) is 5.26. The third-order valence-electron chi connectivity index (χ3n) is 5.26. The van der Waals surface area contributed by atoms with Gasteiger partial charge in [-0.2, -0.15) is 0 Å². The van der Waals surface area contributed by atoms with Crippen molar-refractivity contribution in [2.24, 2.45) is 5.92 Å². The van der Waals surface area contributed by atoms with Gasteiger partial charge in [0.25, 0.3) is 0 Å². The van der Waals surface area contributed by atoms with Crippen molar-refractivity contribution in [2.75, 3.05) is 33.4 Å². The van der Waals surface area contributed by atoms with Gasteiger partial charge in [0.2, 0.25) is 5.91 Å². The summed E-state index contributed by atoms with van der Waals surface area (Å²) in [5.41, 5.74) is 0.494. The first-order valence-corrected chi connectivity index (χ1v) is 9.50. The van der Waals surface area contributed by atoms with Crippen LogP contribution in [0.2, 0.25) is 0 Å². The van der Waals surface area contributed by atoms with Crippen molar-refractivity contribution < 1.29 is 18.7 Å². The number of urea groups is 1. The summed E-state index contributed by atoms with van der Waals surface area (Å²) in [4.78, 5) is 31.2. The molecule has 2 fully saturated rings. The van der Waals surface area contributed by atoms with Crippen molar-refractivity contribution in [1.29, 1.82) is 0 Å². The molecule has 1 aromatic carbocycles. The molecule has 0 aromatic heterocycles. The van der Waals surface area contributed by atoms with Gasteiger partial charge in [-0.1, -0.05) is 32.0 Å². The summed E-state index contributed by atoms with van der Waals surface area (Å²) < 4.78 is 19.2. The lowest BCUT2D eigenvalue weighted by Gasteiger charge is -2.42. The third kappa shape index (κ3) is 4.08. The summed E-state index contributed by atoms with van der Waals surface area (Å²) in [7, 11) is 1.61. The second-order valence-electron chi connectivity index (χ2n) is 7.74. The van der Waals surface area contributed by atoms with Gasteiger partial charge < -0.3 is 19.4 Å². The van der Waals surface area contributed by atoms with Crippen LogP contribution in [0.3, 0.4) is 0 Å². The molecule has 7 heteroatoms. The van der Waals surface area contributed by atoms with E-state index in [2.05, 4.69) is 0 Å². The Morgan fingerprint density at radius 1 is 1.19 bits per heavy atom. The summed E-state index contributed by atoms with van der Waals surface area (Å²) in [5.74, 6) is -0.0415. The lowest BCUT2D eigenvalue weighted by molar-refractivity contribution is -0.143. The molecule has 2 aliphatic rings. The van der Waals surface area contributed by atoms with Crippen molar-refractivity contribution in [3.05, 3.63) is 35.6 Å². The van der Waals surface area contributed by atoms with Gasteiger partial charge in [-0.25, -0.2) is 9.18 Å². The number of nitrogens with zero attached hydrogens (tertiary/aromatic N) is 3. The Morgan fingerprint density at radius 3 is 2.56 bits per heavy atom. The molecular weight excluding hydrogens is 349 g/mol. The van der Waals surface area contributed by atoms with Crippen molar-refractivity contribution in [3.8, 4) is 0 Å².